The average molecular weight is 538 g/mol. The third-order valence-electron chi connectivity index (χ3n) is 8.34. The number of nitrogens with zero attached hydrogens (tertiary/aromatic N) is 2. The fourth-order valence-electron chi connectivity index (χ4n) is 6.75. The number of likely N-dealkylation sites (N-methyl/N-ethyl adjacent to an activating group) is 1. The number of aliphatic hydroxyl groups is 1. The molecule has 2 unspecified atom stereocenters. The highest BCUT2D eigenvalue weighted by atomic mass is 16.3. The summed E-state index contributed by atoms with van der Waals surface area (Å²) in [6.07, 6.45) is 0.155. The highest BCUT2D eigenvalue weighted by Crippen LogP contribution is 2.51. The van der Waals surface area contributed by atoms with Crippen molar-refractivity contribution in [2.75, 3.05) is 28.2 Å². The Morgan fingerprint density at radius 3 is 2.38 bits per heavy atom. The van der Waals surface area contributed by atoms with Gasteiger partial charge < -0.3 is 25.3 Å². The van der Waals surface area contributed by atoms with E-state index in [1.807, 2.05) is 25.1 Å². The third kappa shape index (κ3) is 3.87. The third-order valence-corrected chi connectivity index (χ3v) is 8.34. The van der Waals surface area contributed by atoms with Crippen LogP contribution in [0.4, 0.5) is 0 Å². The van der Waals surface area contributed by atoms with Crippen molar-refractivity contribution in [2.24, 2.45) is 29.4 Å². The number of hydrogen-bond donors (Lipinski definition) is 3. The average Bonchev–Trinajstić information content (AvgIpc) is 3.28. The van der Waals surface area contributed by atoms with Crippen LogP contribution in [0, 0.1) is 23.7 Å². The highest BCUT2D eigenvalue weighted by Gasteiger charge is 2.69. The van der Waals surface area contributed by atoms with Crippen LogP contribution in [-0.2, 0) is 32.1 Å². The summed E-state index contributed by atoms with van der Waals surface area (Å²) in [5.41, 5.74) is 3.62. The molecule has 0 spiro atoms. The molecule has 1 aromatic carbocycles. The minimum Gasteiger partial charge on any atom is -0.507 e. The van der Waals surface area contributed by atoms with Crippen molar-refractivity contribution in [3.63, 3.8) is 0 Å². The first-order valence-corrected chi connectivity index (χ1v) is 12.7. The molecule has 2 aromatic rings. The molecule has 0 saturated heterocycles. The van der Waals surface area contributed by atoms with E-state index in [9.17, 15) is 34.2 Å². The van der Waals surface area contributed by atoms with E-state index in [4.69, 9.17) is 10.2 Å². The second-order valence-electron chi connectivity index (χ2n) is 11.3. The minimum atomic E-state index is -2.74. The van der Waals surface area contributed by atoms with Gasteiger partial charge in [-0.15, -0.1) is 0 Å². The number of benzene rings is 1. The lowest BCUT2D eigenvalue weighted by Crippen LogP contribution is -2.74. The number of hydrogen-bond acceptors (Lipinski definition) is 10. The second kappa shape index (κ2) is 9.22. The van der Waals surface area contributed by atoms with E-state index in [0.29, 0.717) is 29.2 Å². The SMILES string of the molecule is CN(C)Cc1ccc(-c2ccc(O)c3c2C[C@H]2C[C@H]4[C@H](N(C)C)C(=O)C(C(N)=O)C(=O)[C@@]4(O)C(=O)C2C3=O)o1. The first-order chi connectivity index (χ1) is 18.3. The van der Waals surface area contributed by atoms with Crippen LogP contribution in [0.1, 0.15) is 28.1 Å². The number of nitrogens with two attached hydrogens (primary N) is 1. The van der Waals surface area contributed by atoms with Gasteiger partial charge in [-0.3, -0.25) is 28.9 Å². The van der Waals surface area contributed by atoms with Gasteiger partial charge in [0.2, 0.25) is 5.91 Å². The van der Waals surface area contributed by atoms with Gasteiger partial charge in [-0.25, -0.2) is 0 Å². The number of phenols is 1. The summed E-state index contributed by atoms with van der Waals surface area (Å²) in [4.78, 5) is 69.7. The molecule has 2 saturated carbocycles. The largest absolute Gasteiger partial charge is 0.507 e. The van der Waals surface area contributed by atoms with Gasteiger partial charge in [0.25, 0.3) is 0 Å². The first kappa shape index (κ1) is 26.9. The van der Waals surface area contributed by atoms with Gasteiger partial charge >= 0.3 is 0 Å². The second-order valence-corrected chi connectivity index (χ2v) is 11.3. The summed E-state index contributed by atoms with van der Waals surface area (Å²) in [5, 5.41) is 22.3. The number of amides is 1. The van der Waals surface area contributed by atoms with Gasteiger partial charge in [-0.05, 0) is 76.8 Å². The molecule has 11 nitrogen and oxygen atoms in total. The number of Topliss-reactive ketones (excluding diaryl/α,β-unsaturated/α-hetero) is 4. The summed E-state index contributed by atoms with van der Waals surface area (Å²) >= 11 is 0. The van der Waals surface area contributed by atoms with Gasteiger partial charge in [0.1, 0.15) is 17.3 Å². The molecule has 6 atom stereocenters. The monoisotopic (exact) mass is 537 g/mol. The fourth-order valence-corrected chi connectivity index (χ4v) is 6.75. The Balaban J connectivity index is 1.62. The number of carbonyl (C=O) groups excluding carboxylic acids is 5. The molecule has 0 bridgehead atoms. The van der Waals surface area contributed by atoms with Crippen LogP contribution in [-0.4, -0.2) is 88.9 Å². The van der Waals surface area contributed by atoms with Gasteiger partial charge in [-0.1, -0.05) is 0 Å². The van der Waals surface area contributed by atoms with Crippen molar-refractivity contribution in [3.8, 4) is 17.1 Å². The number of phenolic OH excluding ortho intramolecular Hbond substituents is 1. The van der Waals surface area contributed by atoms with E-state index >= 15 is 0 Å². The Labute approximate surface area is 224 Å². The molecular formula is C28H31N3O8. The van der Waals surface area contributed by atoms with Crippen molar-refractivity contribution in [1.82, 2.24) is 9.80 Å². The van der Waals surface area contributed by atoms with E-state index in [1.54, 1.807) is 26.2 Å². The molecule has 3 aliphatic rings. The van der Waals surface area contributed by atoms with E-state index in [2.05, 4.69) is 0 Å². The Morgan fingerprint density at radius 2 is 1.77 bits per heavy atom. The summed E-state index contributed by atoms with van der Waals surface area (Å²) in [6.45, 7) is 0.555. The van der Waals surface area contributed by atoms with Gasteiger partial charge in [-0.2, -0.15) is 0 Å². The number of fused-ring (bicyclic) bond motifs is 3. The van der Waals surface area contributed by atoms with Crippen LogP contribution in [0.5, 0.6) is 5.75 Å². The summed E-state index contributed by atoms with van der Waals surface area (Å²) in [5.74, 6) is -9.51. The molecule has 2 fully saturated rings. The van der Waals surface area contributed by atoms with Crippen molar-refractivity contribution in [2.45, 2.75) is 31.0 Å². The molecule has 0 aliphatic heterocycles. The summed E-state index contributed by atoms with van der Waals surface area (Å²) in [7, 11) is 6.90. The number of ketones is 4. The van der Waals surface area contributed by atoms with E-state index < -0.39 is 64.4 Å². The molecule has 1 heterocycles. The number of carbonyl (C=O) groups is 5. The molecule has 3 aliphatic carbocycles. The van der Waals surface area contributed by atoms with Crippen molar-refractivity contribution in [3.05, 3.63) is 41.2 Å². The topological polar surface area (TPSA) is 171 Å². The van der Waals surface area contributed by atoms with E-state index in [-0.39, 0.29) is 24.2 Å². The molecule has 39 heavy (non-hydrogen) atoms. The number of furan rings is 1. The van der Waals surface area contributed by atoms with Crippen LogP contribution in [0.25, 0.3) is 11.3 Å². The molecular weight excluding hydrogens is 506 g/mol. The van der Waals surface area contributed by atoms with Gasteiger partial charge in [0.15, 0.2) is 34.7 Å². The van der Waals surface area contributed by atoms with Crippen LogP contribution in [0.3, 0.4) is 0 Å². The molecule has 11 heteroatoms. The molecule has 1 aromatic heterocycles. The summed E-state index contributed by atoms with van der Waals surface area (Å²) in [6, 6.07) is 5.45. The molecule has 0 radical (unpaired) electrons. The Hall–Kier alpha value is -3.67. The normalized spacial score (nSPS) is 30.4. The predicted octanol–water partition coefficient (Wildman–Crippen LogP) is 0.189. The Morgan fingerprint density at radius 1 is 1.08 bits per heavy atom. The smallest absolute Gasteiger partial charge is 0.235 e. The number of primary amides is 1. The maximum Gasteiger partial charge on any atom is 0.235 e. The minimum absolute atomic E-state index is 0.0109. The van der Waals surface area contributed by atoms with Gasteiger partial charge in [0, 0.05) is 11.5 Å². The maximum absolute atomic E-state index is 13.9. The fraction of sp³-hybridized carbons (Fsp3) is 0.464. The summed E-state index contributed by atoms with van der Waals surface area (Å²) < 4.78 is 6.01. The Bertz CT molecular complexity index is 1430. The molecule has 1 amide bonds. The lowest BCUT2D eigenvalue weighted by atomic mass is 9.52. The van der Waals surface area contributed by atoms with Crippen LogP contribution < -0.4 is 5.73 Å². The van der Waals surface area contributed by atoms with Crippen molar-refractivity contribution >= 4 is 29.0 Å². The zero-order chi connectivity index (χ0) is 28.5. The quantitative estimate of drug-likeness (QED) is 0.447. The van der Waals surface area contributed by atoms with Crippen molar-refractivity contribution in [1.29, 1.82) is 0 Å². The van der Waals surface area contributed by atoms with Gasteiger partial charge in [0.05, 0.1) is 24.1 Å². The standard InChI is InChI=1S/C28H31N3O8/c1-30(2)11-13-5-8-18(39-13)14-6-7-17(32)20-15(14)9-12-10-16-22(31(3)4)24(34)21(27(29)37)26(36)28(16,38)25(35)19(12)23(20)33/h5-8,12,16,19,21-22,32,38H,9-11H2,1-4H3,(H2,29,37)/t12-,16-,19?,21?,22-,28-/m0/s1. The maximum atomic E-state index is 13.9. The van der Waals surface area contributed by atoms with Crippen LogP contribution in [0.2, 0.25) is 0 Å². The Kier molecular flexibility index (Phi) is 6.36. The van der Waals surface area contributed by atoms with Crippen LogP contribution in [0.15, 0.2) is 28.7 Å². The molecule has 4 N–H and O–H groups in total. The lowest BCUT2D eigenvalue weighted by molar-refractivity contribution is -0.181. The number of aromatic hydroxyl groups is 1. The first-order valence-electron chi connectivity index (χ1n) is 12.7. The lowest BCUT2D eigenvalue weighted by Gasteiger charge is -2.52. The predicted molar refractivity (Wildman–Crippen MR) is 136 cm³/mol. The highest BCUT2D eigenvalue weighted by molar-refractivity contribution is 6.32. The van der Waals surface area contributed by atoms with Crippen molar-refractivity contribution < 1.29 is 38.6 Å². The number of rotatable bonds is 5. The zero-order valence-corrected chi connectivity index (χ0v) is 22.1. The van der Waals surface area contributed by atoms with Crippen LogP contribution >= 0.6 is 0 Å². The van der Waals surface area contributed by atoms with E-state index in [0.717, 1.165) is 0 Å². The van der Waals surface area contributed by atoms with E-state index in [1.165, 1.54) is 11.0 Å². The molecule has 5 rings (SSSR count). The molecule has 206 valence electrons. The zero-order valence-electron chi connectivity index (χ0n) is 22.1.